The van der Waals surface area contributed by atoms with Gasteiger partial charge in [0.1, 0.15) is 5.58 Å². The minimum Gasteiger partial charge on any atom is -0.440 e. The van der Waals surface area contributed by atoms with Crippen molar-refractivity contribution in [2.45, 2.75) is 0 Å². The molecule has 2 aliphatic heterocycles. The van der Waals surface area contributed by atoms with Gasteiger partial charge in [0.15, 0.2) is 0 Å². The molecule has 3 nitrogen and oxygen atoms in total. The first-order valence-corrected chi connectivity index (χ1v) is 12.4. The largest absolute Gasteiger partial charge is 0.440 e. The Hall–Kier alpha value is -4.70. The maximum Gasteiger partial charge on any atom is 0.257 e. The van der Waals surface area contributed by atoms with Crippen LogP contribution in [0, 0.1) is 0 Å². The van der Waals surface area contributed by atoms with Gasteiger partial charge in [-0.1, -0.05) is 78.9 Å². The number of hydrogen-bond acceptors (Lipinski definition) is 2. The number of furan rings is 1. The summed E-state index contributed by atoms with van der Waals surface area (Å²) in [7, 11) is 0. The fourth-order valence-corrected chi connectivity index (χ4v) is 6.64. The number of hydrogen-bond donors (Lipinski definition) is 0. The van der Waals surface area contributed by atoms with Crippen LogP contribution in [0.4, 0.5) is 17.1 Å². The summed E-state index contributed by atoms with van der Waals surface area (Å²) in [5, 5.41) is 3.71. The van der Waals surface area contributed by atoms with Crippen molar-refractivity contribution in [3.63, 3.8) is 0 Å². The molecule has 7 aromatic rings. The molecule has 0 radical (unpaired) electrons. The highest BCUT2D eigenvalue weighted by Crippen LogP contribution is 2.43. The molecule has 0 unspecified atom stereocenters. The molecule has 0 fully saturated rings. The standard InChI is InChI=1S/C32H19BN2O/c1-2-10-20(11-3-1)34-26-16-8-6-14-24(26)33-29-23-13-5-9-17-28(23)36-32(29)35-25-15-7-4-12-21(25)22-18-19-27(34)30(33)31(22)35/h1-19H. The lowest BCUT2D eigenvalue weighted by atomic mass is 9.34. The van der Waals surface area contributed by atoms with Crippen LogP contribution in [0.2, 0.25) is 0 Å². The normalized spacial score (nSPS) is 13.4. The van der Waals surface area contributed by atoms with E-state index in [1.807, 2.05) is 0 Å². The Labute approximate surface area is 207 Å². The van der Waals surface area contributed by atoms with E-state index >= 15 is 0 Å². The van der Waals surface area contributed by atoms with Crippen LogP contribution in [0.25, 0.3) is 38.7 Å². The van der Waals surface area contributed by atoms with Crippen molar-refractivity contribution in [3.8, 4) is 5.88 Å². The molecule has 0 aliphatic carbocycles. The van der Waals surface area contributed by atoms with Crippen molar-refractivity contribution in [1.29, 1.82) is 0 Å². The number of rotatable bonds is 1. The fraction of sp³-hybridized carbons (Fsp3) is 0. The zero-order chi connectivity index (χ0) is 23.4. The second-order valence-electron chi connectivity index (χ2n) is 9.73. The lowest BCUT2D eigenvalue weighted by Gasteiger charge is -2.38. The monoisotopic (exact) mass is 458 g/mol. The molecule has 36 heavy (non-hydrogen) atoms. The first kappa shape index (κ1) is 18.6. The van der Waals surface area contributed by atoms with Gasteiger partial charge in [-0.25, -0.2) is 0 Å². The van der Waals surface area contributed by atoms with Gasteiger partial charge in [0.05, 0.1) is 11.0 Å². The van der Waals surface area contributed by atoms with Crippen molar-refractivity contribution in [3.05, 3.63) is 115 Å². The molecule has 166 valence electrons. The summed E-state index contributed by atoms with van der Waals surface area (Å²) in [5.41, 5.74) is 10.9. The summed E-state index contributed by atoms with van der Waals surface area (Å²) in [6, 6.07) is 41.4. The molecular formula is C32H19BN2O. The molecule has 2 aromatic heterocycles. The molecule has 0 spiro atoms. The maximum absolute atomic E-state index is 6.68. The molecule has 4 heterocycles. The zero-order valence-corrected chi connectivity index (χ0v) is 19.3. The third-order valence-corrected chi connectivity index (χ3v) is 7.99. The average Bonchev–Trinajstić information content (AvgIpc) is 3.49. The van der Waals surface area contributed by atoms with E-state index in [1.165, 1.54) is 60.6 Å². The van der Waals surface area contributed by atoms with Crippen LogP contribution in [-0.4, -0.2) is 11.3 Å². The Morgan fingerprint density at radius 1 is 0.556 bits per heavy atom. The topological polar surface area (TPSA) is 21.3 Å². The van der Waals surface area contributed by atoms with Gasteiger partial charge >= 0.3 is 0 Å². The highest BCUT2D eigenvalue weighted by molar-refractivity contribution is 7.01. The van der Waals surface area contributed by atoms with E-state index in [9.17, 15) is 0 Å². The highest BCUT2D eigenvalue weighted by atomic mass is 16.4. The Bertz CT molecular complexity index is 2020. The van der Waals surface area contributed by atoms with Crippen LogP contribution in [0.3, 0.4) is 0 Å². The molecule has 0 saturated carbocycles. The van der Waals surface area contributed by atoms with E-state index in [0.717, 1.165) is 11.5 Å². The molecule has 5 aromatic carbocycles. The van der Waals surface area contributed by atoms with Gasteiger partial charge in [-0.3, -0.25) is 4.57 Å². The number of para-hydroxylation sites is 4. The van der Waals surface area contributed by atoms with Crippen LogP contribution in [0.5, 0.6) is 0 Å². The number of fused-ring (bicyclic) bond motifs is 10. The van der Waals surface area contributed by atoms with E-state index in [4.69, 9.17) is 4.42 Å². The van der Waals surface area contributed by atoms with Crippen molar-refractivity contribution in [2.24, 2.45) is 0 Å². The van der Waals surface area contributed by atoms with Crippen molar-refractivity contribution in [2.75, 3.05) is 4.90 Å². The first-order chi connectivity index (χ1) is 17.9. The number of aromatic nitrogens is 1. The summed E-state index contributed by atoms with van der Waals surface area (Å²) in [5.74, 6) is 0.944. The first-order valence-electron chi connectivity index (χ1n) is 12.4. The van der Waals surface area contributed by atoms with Crippen molar-refractivity contribution < 1.29 is 4.42 Å². The SMILES string of the molecule is c1ccc(N2c3ccccc3B3c4c(oc5ccccc45)-n4c5ccccc5c5ccc2c3c54)cc1. The van der Waals surface area contributed by atoms with E-state index in [0.29, 0.717) is 0 Å². The van der Waals surface area contributed by atoms with Crippen molar-refractivity contribution in [1.82, 2.24) is 4.57 Å². The van der Waals surface area contributed by atoms with Gasteiger partial charge in [-0.2, -0.15) is 0 Å². The molecule has 9 rings (SSSR count). The molecule has 4 heteroatoms. The maximum atomic E-state index is 6.68. The molecule has 0 atom stereocenters. The summed E-state index contributed by atoms with van der Waals surface area (Å²) >= 11 is 0. The minimum atomic E-state index is 0.0929. The number of nitrogens with zero attached hydrogens (tertiary/aromatic N) is 2. The third kappa shape index (κ3) is 2.12. The highest BCUT2D eigenvalue weighted by Gasteiger charge is 2.44. The van der Waals surface area contributed by atoms with Gasteiger partial charge < -0.3 is 9.32 Å². The van der Waals surface area contributed by atoms with Gasteiger partial charge in [0.25, 0.3) is 6.71 Å². The van der Waals surface area contributed by atoms with Crippen LogP contribution >= 0.6 is 0 Å². The average molecular weight is 458 g/mol. The van der Waals surface area contributed by atoms with E-state index in [2.05, 4.69) is 125 Å². The lowest BCUT2D eigenvalue weighted by Crippen LogP contribution is -2.60. The smallest absolute Gasteiger partial charge is 0.257 e. The predicted octanol–water partition coefficient (Wildman–Crippen LogP) is 6.14. The van der Waals surface area contributed by atoms with Crippen LogP contribution < -0.4 is 21.3 Å². The third-order valence-electron chi connectivity index (χ3n) is 7.99. The van der Waals surface area contributed by atoms with Crippen molar-refractivity contribution >= 4 is 72.9 Å². The summed E-state index contributed by atoms with van der Waals surface area (Å²) < 4.78 is 9.04. The summed E-state index contributed by atoms with van der Waals surface area (Å²) in [6.45, 7) is 0.0929. The number of anilines is 3. The molecule has 0 N–H and O–H groups in total. The van der Waals surface area contributed by atoms with E-state index in [-0.39, 0.29) is 6.71 Å². The van der Waals surface area contributed by atoms with Crippen LogP contribution in [-0.2, 0) is 0 Å². The summed E-state index contributed by atoms with van der Waals surface area (Å²) in [4.78, 5) is 2.43. The van der Waals surface area contributed by atoms with Gasteiger partial charge in [-0.05, 0) is 47.3 Å². The Balaban J connectivity index is 1.54. The Kier molecular flexibility index (Phi) is 3.36. The predicted molar refractivity (Wildman–Crippen MR) is 150 cm³/mol. The lowest BCUT2D eigenvalue weighted by molar-refractivity contribution is 0.592. The molecule has 0 bridgehead atoms. The van der Waals surface area contributed by atoms with Crippen LogP contribution in [0.1, 0.15) is 0 Å². The van der Waals surface area contributed by atoms with Gasteiger partial charge in [0.2, 0.25) is 5.88 Å². The second-order valence-corrected chi connectivity index (χ2v) is 9.73. The zero-order valence-electron chi connectivity index (χ0n) is 19.3. The van der Waals surface area contributed by atoms with E-state index in [1.54, 1.807) is 0 Å². The second kappa shape index (κ2) is 6.49. The Morgan fingerprint density at radius 2 is 1.31 bits per heavy atom. The quantitative estimate of drug-likeness (QED) is 0.276. The molecule has 0 amide bonds. The molecule has 0 saturated heterocycles. The fourth-order valence-electron chi connectivity index (χ4n) is 6.64. The van der Waals surface area contributed by atoms with Crippen LogP contribution in [0.15, 0.2) is 120 Å². The van der Waals surface area contributed by atoms with E-state index < -0.39 is 0 Å². The number of benzene rings is 5. The molecule has 2 aliphatic rings. The van der Waals surface area contributed by atoms with Gasteiger partial charge in [-0.15, -0.1) is 0 Å². The van der Waals surface area contributed by atoms with Gasteiger partial charge in [0, 0.05) is 38.7 Å². The Morgan fingerprint density at radius 3 is 2.22 bits per heavy atom. The molecular weight excluding hydrogens is 439 g/mol. The minimum absolute atomic E-state index is 0.0929. The summed E-state index contributed by atoms with van der Waals surface area (Å²) in [6.07, 6.45) is 0.